The number of carbonyl (C=O) groups excluding carboxylic acids is 1. The van der Waals surface area contributed by atoms with Gasteiger partial charge in [0.1, 0.15) is 0 Å². The summed E-state index contributed by atoms with van der Waals surface area (Å²) in [6.07, 6.45) is 2.75. The van der Waals surface area contributed by atoms with Crippen LogP contribution in [0.15, 0.2) is 30.3 Å². The third kappa shape index (κ3) is 3.96. The molecule has 2 aliphatic rings. The molecule has 4 rings (SSSR count). The quantitative estimate of drug-likeness (QED) is 0.673. The molecule has 5 nitrogen and oxygen atoms in total. The van der Waals surface area contributed by atoms with Gasteiger partial charge in [-0.1, -0.05) is 34.8 Å². The monoisotopic (exact) mass is 458 g/mol. The fourth-order valence-corrected chi connectivity index (χ4v) is 5.55. The average molecular weight is 460 g/mol. The molecule has 2 aromatic carbocycles. The Morgan fingerprint density at radius 3 is 2.46 bits per heavy atom. The first kappa shape index (κ1) is 19.8. The number of anilines is 2. The van der Waals surface area contributed by atoms with Crippen LogP contribution in [0.25, 0.3) is 0 Å². The lowest BCUT2D eigenvalue weighted by Crippen LogP contribution is -2.25. The van der Waals surface area contributed by atoms with E-state index in [0.717, 1.165) is 18.4 Å². The average Bonchev–Trinajstić information content (AvgIpc) is 3.40. The highest BCUT2D eigenvalue weighted by molar-refractivity contribution is 7.93. The summed E-state index contributed by atoms with van der Waals surface area (Å²) in [6.45, 7) is 0.348. The first-order valence-electron chi connectivity index (χ1n) is 8.86. The van der Waals surface area contributed by atoms with Crippen LogP contribution in [0, 0.1) is 0 Å². The molecule has 1 amide bonds. The second-order valence-corrected chi connectivity index (χ2v) is 10.3. The predicted molar refractivity (Wildman–Crippen MR) is 114 cm³/mol. The van der Waals surface area contributed by atoms with Crippen LogP contribution in [0.2, 0.25) is 15.1 Å². The van der Waals surface area contributed by atoms with Crippen LogP contribution in [-0.2, 0) is 10.0 Å². The molecule has 1 aliphatic carbocycles. The number of amides is 1. The number of carbonyl (C=O) groups is 1. The molecule has 1 saturated carbocycles. The zero-order valence-corrected chi connectivity index (χ0v) is 17.8. The van der Waals surface area contributed by atoms with Crippen molar-refractivity contribution < 1.29 is 13.2 Å². The van der Waals surface area contributed by atoms with Crippen molar-refractivity contribution in [2.45, 2.75) is 25.2 Å². The second-order valence-electron chi connectivity index (χ2n) is 7.03. The van der Waals surface area contributed by atoms with Gasteiger partial charge in [-0.25, -0.2) is 8.42 Å². The summed E-state index contributed by atoms with van der Waals surface area (Å²) >= 11 is 18.6. The summed E-state index contributed by atoms with van der Waals surface area (Å²) < 4.78 is 25.7. The van der Waals surface area contributed by atoms with Crippen LogP contribution in [0.5, 0.6) is 0 Å². The summed E-state index contributed by atoms with van der Waals surface area (Å²) in [5.41, 5.74) is 2.09. The molecule has 0 spiro atoms. The summed E-state index contributed by atoms with van der Waals surface area (Å²) in [4.78, 5) is 12.9. The van der Waals surface area contributed by atoms with Gasteiger partial charge in [0.2, 0.25) is 10.0 Å². The number of nitrogens with one attached hydrogen (secondary N) is 1. The van der Waals surface area contributed by atoms with E-state index in [4.69, 9.17) is 34.8 Å². The SMILES string of the molecule is O=C(Nc1cc(Cl)cc(C2CC2)c1)c1cc(N2CCCS2(=O)=O)cc(Cl)c1Cl. The lowest BCUT2D eigenvalue weighted by atomic mass is 10.1. The minimum atomic E-state index is -3.40. The molecule has 0 atom stereocenters. The number of nitrogens with zero attached hydrogens (tertiary/aromatic N) is 1. The Hall–Kier alpha value is -1.47. The Bertz CT molecular complexity index is 1070. The predicted octanol–water partition coefficient (Wildman–Crippen LogP) is 5.32. The van der Waals surface area contributed by atoms with Crippen molar-refractivity contribution in [3.8, 4) is 0 Å². The molecule has 1 heterocycles. The number of rotatable bonds is 4. The molecular formula is C19H17Cl3N2O3S. The third-order valence-electron chi connectivity index (χ3n) is 4.87. The summed E-state index contributed by atoms with van der Waals surface area (Å²) in [5, 5.41) is 3.53. The van der Waals surface area contributed by atoms with Crippen LogP contribution >= 0.6 is 34.8 Å². The van der Waals surface area contributed by atoms with E-state index in [2.05, 4.69) is 5.32 Å². The molecule has 0 bridgehead atoms. The van der Waals surface area contributed by atoms with Gasteiger partial charge in [-0.2, -0.15) is 0 Å². The number of hydrogen-bond donors (Lipinski definition) is 1. The normalized spacial score (nSPS) is 18.3. The van der Waals surface area contributed by atoms with Gasteiger partial charge in [0.05, 0.1) is 27.0 Å². The van der Waals surface area contributed by atoms with Crippen molar-refractivity contribution in [1.29, 1.82) is 0 Å². The van der Waals surface area contributed by atoms with E-state index in [1.807, 2.05) is 12.1 Å². The first-order chi connectivity index (χ1) is 13.2. The Balaban J connectivity index is 1.66. The van der Waals surface area contributed by atoms with Crippen LogP contribution < -0.4 is 9.62 Å². The molecule has 2 fully saturated rings. The van der Waals surface area contributed by atoms with E-state index >= 15 is 0 Å². The van der Waals surface area contributed by atoms with Gasteiger partial charge >= 0.3 is 0 Å². The lowest BCUT2D eigenvalue weighted by Gasteiger charge is -2.19. The van der Waals surface area contributed by atoms with Crippen molar-refractivity contribution >= 4 is 62.1 Å². The van der Waals surface area contributed by atoms with Crippen LogP contribution in [0.4, 0.5) is 11.4 Å². The molecule has 148 valence electrons. The Morgan fingerprint density at radius 2 is 1.82 bits per heavy atom. The summed E-state index contributed by atoms with van der Waals surface area (Å²) in [6, 6.07) is 8.38. The van der Waals surface area contributed by atoms with E-state index < -0.39 is 15.9 Å². The van der Waals surface area contributed by atoms with Gasteiger partial charge in [0.15, 0.2) is 0 Å². The highest BCUT2D eigenvalue weighted by Crippen LogP contribution is 2.42. The maximum absolute atomic E-state index is 12.9. The van der Waals surface area contributed by atoms with Gasteiger partial charge < -0.3 is 5.32 Å². The smallest absolute Gasteiger partial charge is 0.257 e. The molecule has 1 saturated heterocycles. The summed E-state index contributed by atoms with van der Waals surface area (Å²) in [5.74, 6) is 0.0757. The number of halogens is 3. The molecule has 0 aromatic heterocycles. The molecular weight excluding hydrogens is 443 g/mol. The van der Waals surface area contributed by atoms with E-state index in [-0.39, 0.29) is 21.4 Å². The Labute approximate surface area is 178 Å². The molecule has 28 heavy (non-hydrogen) atoms. The zero-order valence-electron chi connectivity index (χ0n) is 14.7. The minimum absolute atomic E-state index is 0.0707. The Kier molecular flexibility index (Phi) is 5.25. The van der Waals surface area contributed by atoms with E-state index in [0.29, 0.717) is 35.3 Å². The van der Waals surface area contributed by atoms with Crippen molar-refractivity contribution in [2.24, 2.45) is 0 Å². The molecule has 2 aromatic rings. The second kappa shape index (κ2) is 7.41. The van der Waals surface area contributed by atoms with Gasteiger partial charge in [-0.3, -0.25) is 9.10 Å². The minimum Gasteiger partial charge on any atom is -0.322 e. The zero-order chi connectivity index (χ0) is 20.1. The fraction of sp³-hybridized carbons (Fsp3) is 0.316. The third-order valence-corrected chi connectivity index (χ3v) is 7.76. The highest BCUT2D eigenvalue weighted by Gasteiger charge is 2.30. The van der Waals surface area contributed by atoms with Gasteiger partial charge in [0, 0.05) is 17.3 Å². The van der Waals surface area contributed by atoms with Crippen molar-refractivity contribution in [1.82, 2.24) is 0 Å². The number of sulfonamides is 1. The topological polar surface area (TPSA) is 66.5 Å². The highest BCUT2D eigenvalue weighted by atomic mass is 35.5. The van der Waals surface area contributed by atoms with Gasteiger partial charge in [-0.15, -0.1) is 0 Å². The number of benzene rings is 2. The molecule has 1 aliphatic heterocycles. The molecule has 9 heteroatoms. The lowest BCUT2D eigenvalue weighted by molar-refractivity contribution is 0.102. The molecule has 0 radical (unpaired) electrons. The molecule has 0 unspecified atom stereocenters. The van der Waals surface area contributed by atoms with E-state index in [9.17, 15) is 13.2 Å². The van der Waals surface area contributed by atoms with Crippen molar-refractivity contribution in [3.63, 3.8) is 0 Å². The number of hydrogen-bond acceptors (Lipinski definition) is 3. The first-order valence-corrected chi connectivity index (χ1v) is 11.6. The standard InChI is InChI=1S/C19H17Cl3N2O3S/c20-13-6-12(11-2-3-11)7-14(8-13)23-19(25)16-9-15(10-17(21)18(16)22)24-4-1-5-28(24,26)27/h6-11H,1-5H2,(H,23,25). The fourth-order valence-electron chi connectivity index (χ4n) is 3.35. The Morgan fingerprint density at radius 1 is 1.07 bits per heavy atom. The van der Waals surface area contributed by atoms with Crippen LogP contribution in [-0.4, -0.2) is 26.6 Å². The largest absolute Gasteiger partial charge is 0.322 e. The van der Waals surface area contributed by atoms with Gasteiger partial charge in [-0.05, 0) is 61.1 Å². The van der Waals surface area contributed by atoms with Crippen molar-refractivity contribution in [2.75, 3.05) is 21.9 Å². The maximum Gasteiger partial charge on any atom is 0.257 e. The summed E-state index contributed by atoms with van der Waals surface area (Å²) in [7, 11) is -3.40. The van der Waals surface area contributed by atoms with E-state index in [1.54, 1.807) is 6.07 Å². The van der Waals surface area contributed by atoms with Crippen LogP contribution in [0.1, 0.15) is 41.1 Å². The van der Waals surface area contributed by atoms with E-state index in [1.165, 1.54) is 16.4 Å². The molecule has 1 N–H and O–H groups in total. The van der Waals surface area contributed by atoms with Crippen LogP contribution in [0.3, 0.4) is 0 Å². The van der Waals surface area contributed by atoms with Crippen molar-refractivity contribution in [3.05, 3.63) is 56.5 Å². The maximum atomic E-state index is 12.9. The van der Waals surface area contributed by atoms with Gasteiger partial charge in [0.25, 0.3) is 5.91 Å².